The minimum atomic E-state index is -3.80. The van der Waals surface area contributed by atoms with Gasteiger partial charge in [0, 0.05) is 10.7 Å². The van der Waals surface area contributed by atoms with Crippen molar-refractivity contribution in [3.8, 4) is 5.75 Å². The molecule has 1 atom stereocenters. The smallest absolute Gasteiger partial charge is 0.247 e. The predicted molar refractivity (Wildman–Crippen MR) is 114 cm³/mol. The van der Waals surface area contributed by atoms with E-state index in [1.165, 1.54) is 19.1 Å². The summed E-state index contributed by atoms with van der Waals surface area (Å²) in [6.07, 6.45) is 1.04. The van der Waals surface area contributed by atoms with Gasteiger partial charge in [0.1, 0.15) is 11.8 Å². The number of halogens is 2. The molecule has 0 radical (unpaired) electrons. The van der Waals surface area contributed by atoms with Gasteiger partial charge >= 0.3 is 0 Å². The topological polar surface area (TPSA) is 75.7 Å². The minimum absolute atomic E-state index is 0.0335. The first kappa shape index (κ1) is 22.3. The second-order valence-electron chi connectivity index (χ2n) is 6.51. The number of carbonyl (C=O) groups is 1. The van der Waals surface area contributed by atoms with Crippen LogP contribution in [0.2, 0.25) is 10.0 Å². The first-order chi connectivity index (χ1) is 13.0. The van der Waals surface area contributed by atoms with Crippen LogP contribution in [0.4, 0.5) is 11.4 Å². The molecule has 0 aliphatic carbocycles. The zero-order chi connectivity index (χ0) is 21.1. The van der Waals surface area contributed by atoms with Gasteiger partial charge in [-0.3, -0.25) is 9.10 Å². The largest absolute Gasteiger partial charge is 0.491 e. The highest BCUT2D eigenvalue weighted by Gasteiger charge is 2.30. The zero-order valence-electron chi connectivity index (χ0n) is 15.9. The van der Waals surface area contributed by atoms with Crippen molar-refractivity contribution in [3.05, 3.63) is 52.5 Å². The highest BCUT2D eigenvalue weighted by molar-refractivity contribution is 7.92. The van der Waals surface area contributed by atoms with Crippen LogP contribution in [0, 0.1) is 0 Å². The van der Waals surface area contributed by atoms with Gasteiger partial charge in [0.15, 0.2) is 0 Å². The van der Waals surface area contributed by atoms with Crippen molar-refractivity contribution < 1.29 is 17.9 Å². The van der Waals surface area contributed by atoms with Crippen molar-refractivity contribution in [3.63, 3.8) is 0 Å². The number of carbonyl (C=O) groups excluding carboxylic acids is 1. The lowest BCUT2D eigenvalue weighted by molar-refractivity contribution is -0.116. The van der Waals surface area contributed by atoms with E-state index in [2.05, 4.69) is 5.32 Å². The Morgan fingerprint density at radius 2 is 1.68 bits per heavy atom. The third-order valence-electron chi connectivity index (χ3n) is 3.73. The number of benzene rings is 2. The molecule has 152 valence electrons. The van der Waals surface area contributed by atoms with E-state index < -0.39 is 22.0 Å². The van der Waals surface area contributed by atoms with E-state index in [0.717, 1.165) is 10.6 Å². The van der Waals surface area contributed by atoms with Crippen LogP contribution in [0.15, 0.2) is 42.5 Å². The first-order valence-electron chi connectivity index (χ1n) is 8.51. The van der Waals surface area contributed by atoms with E-state index in [0.29, 0.717) is 16.5 Å². The Hall–Kier alpha value is -1.96. The highest BCUT2D eigenvalue weighted by atomic mass is 35.5. The fourth-order valence-electron chi connectivity index (χ4n) is 2.57. The Bertz CT molecular complexity index is 947. The monoisotopic (exact) mass is 444 g/mol. The molecular formula is C19H22Cl2N2O4S. The molecule has 0 bridgehead atoms. The van der Waals surface area contributed by atoms with Gasteiger partial charge in [-0.05, 0) is 63.2 Å². The number of amides is 1. The van der Waals surface area contributed by atoms with E-state index in [9.17, 15) is 13.2 Å². The fraction of sp³-hybridized carbons (Fsp3) is 0.316. The number of ether oxygens (including phenoxy) is 1. The summed E-state index contributed by atoms with van der Waals surface area (Å²) in [5.74, 6) is 0.156. The average Bonchev–Trinajstić information content (AvgIpc) is 2.58. The van der Waals surface area contributed by atoms with E-state index in [1.807, 2.05) is 13.8 Å². The normalized spacial score (nSPS) is 12.5. The molecule has 0 saturated heterocycles. The zero-order valence-corrected chi connectivity index (χ0v) is 18.3. The lowest BCUT2D eigenvalue weighted by Crippen LogP contribution is -2.45. The molecule has 6 nitrogen and oxygen atoms in total. The van der Waals surface area contributed by atoms with Crippen LogP contribution in [0.5, 0.6) is 5.75 Å². The quantitative estimate of drug-likeness (QED) is 0.677. The lowest BCUT2D eigenvalue weighted by Gasteiger charge is -2.29. The van der Waals surface area contributed by atoms with E-state index in [1.54, 1.807) is 30.3 Å². The molecule has 0 saturated carbocycles. The van der Waals surface area contributed by atoms with Gasteiger partial charge in [-0.1, -0.05) is 23.2 Å². The Morgan fingerprint density at radius 3 is 2.21 bits per heavy atom. The summed E-state index contributed by atoms with van der Waals surface area (Å²) < 4.78 is 31.2. The maximum absolute atomic E-state index is 12.7. The number of rotatable bonds is 7. The van der Waals surface area contributed by atoms with Crippen molar-refractivity contribution in [2.75, 3.05) is 15.9 Å². The molecule has 0 aliphatic rings. The molecule has 9 heteroatoms. The van der Waals surface area contributed by atoms with Crippen LogP contribution in [0.1, 0.15) is 20.8 Å². The first-order valence-corrected chi connectivity index (χ1v) is 11.1. The van der Waals surface area contributed by atoms with Crippen molar-refractivity contribution in [1.29, 1.82) is 0 Å². The standard InChI is InChI=1S/C19H22Cl2N2O4S/c1-12(2)27-16-8-6-15(7-9-16)22-19(24)13(3)23(28(4,25)26)18-11-14(20)5-10-17(18)21/h5-13H,1-4H3,(H,22,24). The van der Waals surface area contributed by atoms with Crippen LogP contribution in [0.25, 0.3) is 0 Å². The number of hydrogen-bond donors (Lipinski definition) is 1. The molecule has 28 heavy (non-hydrogen) atoms. The Labute approximate surface area is 175 Å². The maximum atomic E-state index is 12.7. The molecule has 1 unspecified atom stereocenters. The second-order valence-corrected chi connectivity index (χ2v) is 9.21. The van der Waals surface area contributed by atoms with Gasteiger partial charge in [0.25, 0.3) is 0 Å². The molecule has 0 aliphatic heterocycles. The van der Waals surface area contributed by atoms with E-state index >= 15 is 0 Å². The maximum Gasteiger partial charge on any atom is 0.247 e. The third kappa shape index (κ3) is 5.77. The van der Waals surface area contributed by atoms with Gasteiger partial charge in [-0.25, -0.2) is 8.42 Å². The average molecular weight is 445 g/mol. The van der Waals surface area contributed by atoms with Crippen LogP contribution in [0.3, 0.4) is 0 Å². The summed E-state index contributed by atoms with van der Waals surface area (Å²) in [4.78, 5) is 12.7. The minimum Gasteiger partial charge on any atom is -0.491 e. The van der Waals surface area contributed by atoms with Gasteiger partial charge in [0.2, 0.25) is 15.9 Å². The van der Waals surface area contributed by atoms with Crippen molar-refractivity contribution in [1.82, 2.24) is 0 Å². The van der Waals surface area contributed by atoms with Gasteiger partial charge < -0.3 is 10.1 Å². The van der Waals surface area contributed by atoms with Crippen LogP contribution in [-0.4, -0.2) is 32.7 Å². The van der Waals surface area contributed by atoms with Gasteiger partial charge in [-0.15, -0.1) is 0 Å². The van der Waals surface area contributed by atoms with Gasteiger partial charge in [0.05, 0.1) is 23.1 Å². The van der Waals surface area contributed by atoms with Crippen LogP contribution >= 0.6 is 23.2 Å². The molecule has 1 amide bonds. The summed E-state index contributed by atoms with van der Waals surface area (Å²) in [5, 5.41) is 3.18. The second kappa shape index (κ2) is 9.03. The molecule has 2 aromatic carbocycles. The molecule has 1 N–H and O–H groups in total. The number of hydrogen-bond acceptors (Lipinski definition) is 4. The van der Waals surface area contributed by atoms with Crippen LogP contribution in [-0.2, 0) is 14.8 Å². The van der Waals surface area contributed by atoms with E-state index in [-0.39, 0.29) is 16.8 Å². The Morgan fingerprint density at radius 1 is 1.07 bits per heavy atom. The summed E-state index contributed by atoms with van der Waals surface area (Å²) in [5.41, 5.74) is 0.651. The van der Waals surface area contributed by atoms with Crippen molar-refractivity contribution in [2.45, 2.75) is 32.9 Å². The van der Waals surface area contributed by atoms with E-state index in [4.69, 9.17) is 27.9 Å². The lowest BCUT2D eigenvalue weighted by atomic mass is 10.2. The summed E-state index contributed by atoms with van der Waals surface area (Å²) in [6.45, 7) is 5.31. The molecule has 0 spiro atoms. The molecule has 0 heterocycles. The number of nitrogens with zero attached hydrogens (tertiary/aromatic N) is 1. The predicted octanol–water partition coefficient (Wildman–Crippen LogP) is 4.57. The van der Waals surface area contributed by atoms with Gasteiger partial charge in [-0.2, -0.15) is 0 Å². The number of anilines is 2. The molecule has 0 fully saturated rings. The fourth-order valence-corrected chi connectivity index (χ4v) is 4.17. The third-order valence-corrected chi connectivity index (χ3v) is 5.51. The molecule has 2 aromatic rings. The highest BCUT2D eigenvalue weighted by Crippen LogP contribution is 2.32. The Kier molecular flexibility index (Phi) is 7.20. The summed E-state index contributed by atoms with van der Waals surface area (Å²) in [6, 6.07) is 10.2. The van der Waals surface area contributed by atoms with Crippen molar-refractivity contribution >= 4 is 50.5 Å². The molecular weight excluding hydrogens is 423 g/mol. The number of sulfonamides is 1. The van der Waals surface area contributed by atoms with Crippen molar-refractivity contribution in [2.24, 2.45) is 0 Å². The number of nitrogens with one attached hydrogen (secondary N) is 1. The summed E-state index contributed by atoms with van der Waals surface area (Å²) in [7, 11) is -3.80. The molecule has 0 aromatic heterocycles. The molecule has 2 rings (SSSR count). The summed E-state index contributed by atoms with van der Waals surface area (Å²) >= 11 is 12.1. The Balaban J connectivity index is 2.26. The SMILES string of the molecule is CC(C)Oc1ccc(NC(=O)C(C)N(c2cc(Cl)ccc2Cl)S(C)(=O)=O)cc1. The van der Waals surface area contributed by atoms with Crippen LogP contribution < -0.4 is 14.4 Å².